The van der Waals surface area contributed by atoms with Gasteiger partial charge < -0.3 is 9.72 Å². The van der Waals surface area contributed by atoms with Crippen LogP contribution in [0.4, 0.5) is 0 Å². The van der Waals surface area contributed by atoms with E-state index in [9.17, 15) is 8.42 Å². The van der Waals surface area contributed by atoms with E-state index in [1.54, 1.807) is 39.0 Å². The van der Waals surface area contributed by atoms with Crippen molar-refractivity contribution in [2.45, 2.75) is 57.3 Å². The number of ether oxygens (including phenoxy) is 1. The number of rotatable bonds is 5. The van der Waals surface area contributed by atoms with Gasteiger partial charge in [0.05, 0.1) is 27.4 Å². The Morgan fingerprint density at radius 3 is 2.63 bits per heavy atom. The van der Waals surface area contributed by atoms with Crippen LogP contribution in [0.5, 0.6) is 6.01 Å². The van der Waals surface area contributed by atoms with Crippen molar-refractivity contribution in [1.82, 2.24) is 14.7 Å². The van der Waals surface area contributed by atoms with E-state index in [1.165, 1.54) is 0 Å². The molecule has 2 aromatic rings. The number of nitrogens with one attached hydrogen (secondary N) is 2. The van der Waals surface area contributed by atoms with Crippen molar-refractivity contribution < 1.29 is 13.2 Å². The molecule has 0 aliphatic heterocycles. The topological polar surface area (TPSA) is 108 Å². The van der Waals surface area contributed by atoms with E-state index in [0.717, 1.165) is 36.7 Å². The first-order valence-electron chi connectivity index (χ1n) is 9.24. The molecular formula is C19H26N4O3S. The van der Waals surface area contributed by atoms with Gasteiger partial charge in [0, 0.05) is 6.54 Å². The molecule has 2 N–H and O–H groups in total. The molecule has 0 radical (unpaired) electrons. The Kier molecular flexibility index (Phi) is 5.45. The highest BCUT2D eigenvalue weighted by atomic mass is 32.2. The molecule has 1 aromatic carbocycles. The maximum absolute atomic E-state index is 12.2. The summed E-state index contributed by atoms with van der Waals surface area (Å²) in [5.41, 5.74) is 2.14. The summed E-state index contributed by atoms with van der Waals surface area (Å²) in [5.74, 6) is 0.329. The van der Waals surface area contributed by atoms with Gasteiger partial charge in [0.1, 0.15) is 6.10 Å². The van der Waals surface area contributed by atoms with Crippen molar-refractivity contribution in [3.8, 4) is 12.1 Å². The Balaban J connectivity index is 1.52. The summed E-state index contributed by atoms with van der Waals surface area (Å²) in [7, 11) is -3.30. The molecule has 146 valence electrons. The lowest BCUT2D eigenvalue weighted by molar-refractivity contribution is 0.122. The van der Waals surface area contributed by atoms with Gasteiger partial charge in [0.15, 0.2) is 0 Å². The molecule has 1 aliphatic rings. The molecule has 1 fully saturated rings. The minimum atomic E-state index is -3.30. The van der Waals surface area contributed by atoms with Gasteiger partial charge in [0.25, 0.3) is 6.01 Å². The van der Waals surface area contributed by atoms with Crippen LogP contribution in [-0.4, -0.2) is 35.8 Å². The van der Waals surface area contributed by atoms with E-state index in [1.807, 2.05) is 0 Å². The zero-order valence-corrected chi connectivity index (χ0v) is 16.8. The number of imidazole rings is 1. The molecule has 7 nitrogen and oxygen atoms in total. The normalized spacial score (nSPS) is 21.1. The number of aromatic nitrogens is 2. The molecule has 3 rings (SSSR count). The number of H-pyrrole nitrogens is 1. The second-order valence-electron chi connectivity index (χ2n) is 8.11. The summed E-state index contributed by atoms with van der Waals surface area (Å²) in [5, 5.41) is 8.97. The predicted octanol–water partition coefficient (Wildman–Crippen LogP) is 3.09. The lowest BCUT2D eigenvalue weighted by Gasteiger charge is -2.29. The van der Waals surface area contributed by atoms with Crippen LogP contribution in [0, 0.1) is 17.2 Å². The summed E-state index contributed by atoms with van der Waals surface area (Å²) in [6.07, 6.45) is 3.62. The standard InChI is InChI=1S/C19H26N4O3S/c1-19(2,3)27(24,25)21-12-13-4-7-15(8-5-13)26-18-22-16-9-6-14(11-20)10-17(16)23-18/h6,9-10,13,15,21H,4-5,7-8,12H2,1-3H3,(H,22,23). The minimum Gasteiger partial charge on any atom is -0.461 e. The van der Waals surface area contributed by atoms with E-state index < -0.39 is 14.8 Å². The molecule has 1 aromatic heterocycles. The van der Waals surface area contributed by atoms with Crippen LogP contribution in [0.1, 0.15) is 52.0 Å². The van der Waals surface area contributed by atoms with E-state index in [2.05, 4.69) is 20.8 Å². The number of nitriles is 1. The Hall–Kier alpha value is -2.11. The van der Waals surface area contributed by atoms with Crippen LogP contribution in [-0.2, 0) is 10.0 Å². The highest BCUT2D eigenvalue weighted by molar-refractivity contribution is 7.90. The highest BCUT2D eigenvalue weighted by Crippen LogP contribution is 2.28. The van der Waals surface area contributed by atoms with Gasteiger partial charge in [-0.25, -0.2) is 13.1 Å². The van der Waals surface area contributed by atoms with Crippen molar-refractivity contribution in [1.29, 1.82) is 5.26 Å². The van der Waals surface area contributed by atoms with E-state index in [-0.39, 0.29) is 6.10 Å². The smallest absolute Gasteiger partial charge is 0.294 e. The fourth-order valence-electron chi connectivity index (χ4n) is 3.17. The van der Waals surface area contributed by atoms with Gasteiger partial charge >= 0.3 is 0 Å². The average molecular weight is 391 g/mol. The molecular weight excluding hydrogens is 364 g/mol. The Bertz CT molecular complexity index is 945. The van der Waals surface area contributed by atoms with Crippen LogP contribution in [0.25, 0.3) is 11.0 Å². The van der Waals surface area contributed by atoms with Gasteiger partial charge in [-0.15, -0.1) is 0 Å². The van der Waals surface area contributed by atoms with E-state index in [0.29, 0.717) is 24.0 Å². The zero-order chi connectivity index (χ0) is 19.7. The van der Waals surface area contributed by atoms with E-state index in [4.69, 9.17) is 10.00 Å². The second kappa shape index (κ2) is 7.49. The minimum absolute atomic E-state index is 0.0662. The van der Waals surface area contributed by atoms with Crippen LogP contribution in [0.3, 0.4) is 0 Å². The summed E-state index contributed by atoms with van der Waals surface area (Å²) >= 11 is 0. The van der Waals surface area contributed by atoms with Crippen LogP contribution >= 0.6 is 0 Å². The summed E-state index contributed by atoms with van der Waals surface area (Å²) in [6, 6.07) is 7.87. The second-order valence-corrected chi connectivity index (χ2v) is 10.6. The summed E-state index contributed by atoms with van der Waals surface area (Å²) < 4.78 is 32.3. The SMILES string of the molecule is CC(C)(C)S(=O)(=O)NCC1CCC(Oc2nc3ccc(C#N)cc3[nH]2)CC1. The van der Waals surface area contributed by atoms with Gasteiger partial charge in [-0.3, -0.25) is 0 Å². The first-order valence-corrected chi connectivity index (χ1v) is 10.7. The highest BCUT2D eigenvalue weighted by Gasteiger charge is 2.30. The molecule has 8 heteroatoms. The van der Waals surface area contributed by atoms with Crippen molar-refractivity contribution in [2.24, 2.45) is 5.92 Å². The molecule has 0 atom stereocenters. The van der Waals surface area contributed by atoms with Gasteiger partial charge in [-0.05, 0) is 70.6 Å². The first-order chi connectivity index (χ1) is 12.7. The Morgan fingerprint density at radius 1 is 1.30 bits per heavy atom. The maximum Gasteiger partial charge on any atom is 0.294 e. The maximum atomic E-state index is 12.2. The molecule has 0 amide bonds. The monoisotopic (exact) mass is 390 g/mol. The first kappa shape index (κ1) is 19.6. The Labute approximate surface area is 160 Å². The molecule has 1 saturated carbocycles. The molecule has 0 bridgehead atoms. The van der Waals surface area contributed by atoms with Crippen LogP contribution in [0.2, 0.25) is 0 Å². The van der Waals surface area contributed by atoms with Crippen molar-refractivity contribution in [3.63, 3.8) is 0 Å². The zero-order valence-electron chi connectivity index (χ0n) is 15.9. The summed E-state index contributed by atoms with van der Waals surface area (Å²) in [6.45, 7) is 5.58. The predicted molar refractivity (Wildman–Crippen MR) is 104 cm³/mol. The van der Waals surface area contributed by atoms with Crippen molar-refractivity contribution in [2.75, 3.05) is 6.54 Å². The average Bonchev–Trinajstić information content (AvgIpc) is 3.01. The number of nitrogens with zero attached hydrogens (tertiary/aromatic N) is 2. The third kappa shape index (κ3) is 4.60. The van der Waals surface area contributed by atoms with Gasteiger partial charge in [-0.1, -0.05) is 0 Å². The van der Waals surface area contributed by atoms with Gasteiger partial charge in [0.2, 0.25) is 10.0 Å². The number of sulfonamides is 1. The molecule has 0 spiro atoms. The fourth-order valence-corrected chi connectivity index (χ4v) is 4.06. The molecule has 0 saturated heterocycles. The lowest BCUT2D eigenvalue weighted by Crippen LogP contribution is -2.42. The van der Waals surface area contributed by atoms with Crippen molar-refractivity contribution in [3.05, 3.63) is 23.8 Å². The molecule has 1 aliphatic carbocycles. The molecule has 27 heavy (non-hydrogen) atoms. The third-order valence-electron chi connectivity index (χ3n) is 5.03. The lowest BCUT2D eigenvalue weighted by atomic mass is 9.87. The van der Waals surface area contributed by atoms with Crippen molar-refractivity contribution >= 4 is 21.1 Å². The number of hydrogen-bond acceptors (Lipinski definition) is 5. The van der Waals surface area contributed by atoms with Gasteiger partial charge in [-0.2, -0.15) is 10.2 Å². The Morgan fingerprint density at radius 2 is 2.00 bits per heavy atom. The number of fused-ring (bicyclic) bond motifs is 1. The number of hydrogen-bond donors (Lipinski definition) is 2. The fraction of sp³-hybridized carbons (Fsp3) is 0.579. The van der Waals surface area contributed by atoms with E-state index >= 15 is 0 Å². The largest absolute Gasteiger partial charge is 0.461 e. The summed E-state index contributed by atoms with van der Waals surface area (Å²) in [4.78, 5) is 7.53. The molecule has 0 unspecified atom stereocenters. The van der Waals surface area contributed by atoms with Crippen LogP contribution < -0.4 is 9.46 Å². The number of aromatic amines is 1. The number of benzene rings is 1. The third-order valence-corrected chi connectivity index (χ3v) is 7.19. The molecule has 1 heterocycles. The van der Waals surface area contributed by atoms with Crippen LogP contribution in [0.15, 0.2) is 18.2 Å². The quantitative estimate of drug-likeness (QED) is 0.815.